The number of carbonyl (C=O) groups is 1. The number of hydrogen-bond donors (Lipinski definition) is 0. The summed E-state index contributed by atoms with van der Waals surface area (Å²) in [6.07, 6.45) is 6.32. The summed E-state index contributed by atoms with van der Waals surface area (Å²) in [5.41, 5.74) is 0.794. The van der Waals surface area contributed by atoms with Crippen LogP contribution < -0.4 is 4.74 Å². The van der Waals surface area contributed by atoms with Crippen LogP contribution in [0, 0.1) is 10.1 Å². The molecular formula is C17H20N4O4. The lowest BCUT2D eigenvalue weighted by atomic mass is 9.96. The van der Waals surface area contributed by atoms with Crippen LogP contribution >= 0.6 is 0 Å². The predicted molar refractivity (Wildman–Crippen MR) is 90.5 cm³/mol. The Morgan fingerprint density at radius 2 is 2.20 bits per heavy atom. The van der Waals surface area contributed by atoms with Crippen molar-refractivity contribution in [2.24, 2.45) is 7.05 Å². The standard InChI is InChI=1S/C17H20N4O4/c1-19-11-12(10-18-19)15-5-3-4-8-20(15)17(22)14-9-13(25-2)6-7-16(14)21(23)24/h6-7,9-11,15H,3-5,8H2,1-2H3/t15-/m1/s1. The maximum atomic E-state index is 13.1. The molecule has 2 heterocycles. The maximum absolute atomic E-state index is 13.1. The van der Waals surface area contributed by atoms with Crippen LogP contribution in [0.4, 0.5) is 5.69 Å². The number of nitro groups is 1. The van der Waals surface area contributed by atoms with Crippen LogP contribution in [-0.4, -0.2) is 39.2 Å². The number of carbonyl (C=O) groups excluding carboxylic acids is 1. The van der Waals surface area contributed by atoms with Crippen LogP contribution in [0.3, 0.4) is 0 Å². The van der Waals surface area contributed by atoms with Gasteiger partial charge in [0.05, 0.1) is 24.3 Å². The van der Waals surface area contributed by atoms with E-state index < -0.39 is 4.92 Å². The lowest BCUT2D eigenvalue weighted by Crippen LogP contribution is -2.38. The van der Waals surface area contributed by atoms with E-state index in [0.29, 0.717) is 12.3 Å². The number of amides is 1. The first-order valence-corrected chi connectivity index (χ1v) is 8.13. The Morgan fingerprint density at radius 1 is 1.40 bits per heavy atom. The summed E-state index contributed by atoms with van der Waals surface area (Å²) in [5, 5.41) is 15.5. The topological polar surface area (TPSA) is 90.5 Å². The van der Waals surface area contributed by atoms with E-state index in [1.807, 2.05) is 13.2 Å². The van der Waals surface area contributed by atoms with Gasteiger partial charge in [0.2, 0.25) is 0 Å². The number of nitro benzene ring substituents is 1. The zero-order valence-corrected chi connectivity index (χ0v) is 14.2. The number of rotatable bonds is 4. The Labute approximate surface area is 145 Å². The van der Waals surface area contributed by atoms with E-state index in [-0.39, 0.29) is 23.2 Å². The van der Waals surface area contributed by atoms with Crippen molar-refractivity contribution in [2.45, 2.75) is 25.3 Å². The highest BCUT2D eigenvalue weighted by Crippen LogP contribution is 2.34. The quantitative estimate of drug-likeness (QED) is 0.628. The van der Waals surface area contributed by atoms with Gasteiger partial charge in [-0.2, -0.15) is 5.10 Å². The Balaban J connectivity index is 1.99. The summed E-state index contributed by atoms with van der Waals surface area (Å²) >= 11 is 0. The van der Waals surface area contributed by atoms with Crippen LogP contribution in [0.15, 0.2) is 30.6 Å². The molecule has 0 N–H and O–H groups in total. The molecule has 1 amide bonds. The number of aromatic nitrogens is 2. The summed E-state index contributed by atoms with van der Waals surface area (Å²) in [6.45, 7) is 0.562. The third-order valence-electron chi connectivity index (χ3n) is 4.50. The van der Waals surface area contributed by atoms with Gasteiger partial charge in [-0.1, -0.05) is 0 Å². The largest absolute Gasteiger partial charge is 0.497 e. The van der Waals surface area contributed by atoms with Gasteiger partial charge in [0.15, 0.2) is 0 Å². The molecule has 1 atom stereocenters. The molecule has 1 saturated heterocycles. The predicted octanol–water partition coefficient (Wildman–Crippen LogP) is 2.70. The molecule has 0 radical (unpaired) electrons. The molecule has 0 unspecified atom stereocenters. The zero-order chi connectivity index (χ0) is 18.0. The van der Waals surface area contributed by atoms with Crippen molar-refractivity contribution in [2.75, 3.05) is 13.7 Å². The Hall–Kier alpha value is -2.90. The van der Waals surface area contributed by atoms with Gasteiger partial charge >= 0.3 is 0 Å². The molecule has 0 bridgehead atoms. The van der Waals surface area contributed by atoms with E-state index in [1.54, 1.807) is 15.8 Å². The van der Waals surface area contributed by atoms with Crippen LogP contribution in [-0.2, 0) is 7.05 Å². The highest BCUT2D eigenvalue weighted by Gasteiger charge is 2.33. The maximum Gasteiger partial charge on any atom is 0.282 e. The molecule has 0 spiro atoms. The number of benzene rings is 1. The van der Waals surface area contributed by atoms with Crippen molar-refractivity contribution in [1.29, 1.82) is 0 Å². The van der Waals surface area contributed by atoms with E-state index in [1.165, 1.54) is 25.3 Å². The molecule has 8 heteroatoms. The molecule has 1 fully saturated rings. The summed E-state index contributed by atoms with van der Waals surface area (Å²) in [5.74, 6) is 0.0723. The average molecular weight is 344 g/mol. The van der Waals surface area contributed by atoms with E-state index in [9.17, 15) is 14.9 Å². The van der Waals surface area contributed by atoms with Gasteiger partial charge in [0.25, 0.3) is 11.6 Å². The molecule has 0 saturated carbocycles. The van der Waals surface area contributed by atoms with Crippen molar-refractivity contribution in [1.82, 2.24) is 14.7 Å². The fraction of sp³-hybridized carbons (Fsp3) is 0.412. The third-order valence-corrected chi connectivity index (χ3v) is 4.50. The smallest absolute Gasteiger partial charge is 0.282 e. The van der Waals surface area contributed by atoms with Gasteiger partial charge in [0, 0.05) is 31.4 Å². The van der Waals surface area contributed by atoms with Gasteiger partial charge in [0.1, 0.15) is 11.3 Å². The van der Waals surface area contributed by atoms with E-state index >= 15 is 0 Å². The summed E-state index contributed by atoms with van der Waals surface area (Å²) in [7, 11) is 3.29. The zero-order valence-electron chi connectivity index (χ0n) is 14.2. The minimum atomic E-state index is -0.532. The summed E-state index contributed by atoms with van der Waals surface area (Å²) in [4.78, 5) is 25.6. The van der Waals surface area contributed by atoms with Crippen molar-refractivity contribution in [3.8, 4) is 5.75 Å². The molecule has 3 rings (SSSR count). The van der Waals surface area contributed by atoms with Gasteiger partial charge in [-0.25, -0.2) is 0 Å². The van der Waals surface area contributed by atoms with Crippen molar-refractivity contribution < 1.29 is 14.5 Å². The van der Waals surface area contributed by atoms with Crippen molar-refractivity contribution >= 4 is 11.6 Å². The van der Waals surface area contributed by atoms with Crippen molar-refractivity contribution in [3.63, 3.8) is 0 Å². The molecule has 8 nitrogen and oxygen atoms in total. The lowest BCUT2D eigenvalue weighted by molar-refractivity contribution is -0.385. The lowest BCUT2D eigenvalue weighted by Gasteiger charge is -2.35. The first kappa shape index (κ1) is 16.9. The molecule has 0 aliphatic carbocycles. The number of methoxy groups -OCH3 is 1. The number of aryl methyl sites for hydroxylation is 1. The highest BCUT2D eigenvalue weighted by atomic mass is 16.6. The molecule has 1 aromatic carbocycles. The van der Waals surface area contributed by atoms with Crippen LogP contribution in [0.5, 0.6) is 5.75 Å². The molecule has 1 aromatic heterocycles. The molecular weight excluding hydrogens is 324 g/mol. The van der Waals surface area contributed by atoms with Gasteiger partial charge in [-0.05, 0) is 31.4 Å². The summed E-state index contributed by atoms with van der Waals surface area (Å²) < 4.78 is 6.83. The minimum absolute atomic E-state index is 0.0557. The van der Waals surface area contributed by atoms with Crippen LogP contribution in [0.2, 0.25) is 0 Å². The molecule has 1 aliphatic rings. The minimum Gasteiger partial charge on any atom is -0.497 e. The molecule has 132 valence electrons. The normalized spacial score (nSPS) is 17.4. The van der Waals surface area contributed by atoms with E-state index in [0.717, 1.165) is 24.8 Å². The van der Waals surface area contributed by atoms with Gasteiger partial charge < -0.3 is 9.64 Å². The highest BCUT2D eigenvalue weighted by molar-refractivity contribution is 5.99. The Kier molecular flexibility index (Phi) is 4.69. The van der Waals surface area contributed by atoms with E-state index in [2.05, 4.69) is 5.10 Å². The van der Waals surface area contributed by atoms with Crippen LogP contribution in [0.25, 0.3) is 0 Å². The fourth-order valence-electron chi connectivity index (χ4n) is 3.26. The van der Waals surface area contributed by atoms with E-state index in [4.69, 9.17) is 4.74 Å². The third kappa shape index (κ3) is 3.33. The van der Waals surface area contributed by atoms with Crippen molar-refractivity contribution in [3.05, 3.63) is 51.8 Å². The monoisotopic (exact) mass is 344 g/mol. The number of ether oxygens (including phenoxy) is 1. The summed E-state index contributed by atoms with van der Waals surface area (Å²) in [6, 6.07) is 4.12. The second-order valence-corrected chi connectivity index (χ2v) is 6.10. The SMILES string of the molecule is COc1ccc([N+](=O)[O-])c(C(=O)N2CCCC[C@@H]2c2cnn(C)c2)c1. The first-order valence-electron chi connectivity index (χ1n) is 8.13. The second kappa shape index (κ2) is 6.92. The van der Waals surface area contributed by atoms with Gasteiger partial charge in [-0.3, -0.25) is 19.6 Å². The molecule has 25 heavy (non-hydrogen) atoms. The number of piperidine rings is 1. The Bertz CT molecular complexity index is 802. The number of nitrogens with zero attached hydrogens (tertiary/aromatic N) is 4. The number of hydrogen-bond acceptors (Lipinski definition) is 5. The average Bonchev–Trinajstić information content (AvgIpc) is 3.06. The fourth-order valence-corrected chi connectivity index (χ4v) is 3.26. The van der Waals surface area contributed by atoms with Crippen LogP contribution in [0.1, 0.15) is 41.2 Å². The van der Waals surface area contributed by atoms with Gasteiger partial charge in [-0.15, -0.1) is 0 Å². The molecule has 2 aromatic rings. The number of likely N-dealkylation sites (tertiary alicyclic amines) is 1. The second-order valence-electron chi connectivity index (χ2n) is 6.10. The molecule has 1 aliphatic heterocycles. The Morgan fingerprint density at radius 3 is 2.84 bits per heavy atom. The first-order chi connectivity index (χ1) is 12.0.